The molecule has 0 amide bonds. The fourth-order valence-electron chi connectivity index (χ4n) is 1.79. The first-order valence-electron chi connectivity index (χ1n) is 6.51. The third-order valence-electron chi connectivity index (χ3n) is 2.87. The van der Waals surface area contributed by atoms with Crippen molar-refractivity contribution in [1.29, 1.82) is 0 Å². The summed E-state index contributed by atoms with van der Waals surface area (Å²) in [6.45, 7) is 0. The first-order valence-corrected chi connectivity index (χ1v) is 6.95. The standard InChI is InChI=1S/C9H6O6.C7H6O2S/c10-7(11)4-2-1-3-5(8(12)13)6(4)9(14)15;8-7(9)5-3-1-2-4-6(5)10/h1-3H,(H,10,11)(H,12,13)(H,14,15);1-4,10H,(H,8,9). The van der Waals surface area contributed by atoms with E-state index in [4.69, 9.17) is 20.4 Å². The number of hydrogen-bond donors (Lipinski definition) is 5. The van der Waals surface area contributed by atoms with E-state index in [-0.39, 0.29) is 5.56 Å². The average Bonchev–Trinajstić information content (AvgIpc) is 2.54. The van der Waals surface area contributed by atoms with E-state index in [1.807, 2.05) is 0 Å². The lowest BCUT2D eigenvalue weighted by Crippen LogP contribution is -2.14. The van der Waals surface area contributed by atoms with Gasteiger partial charge < -0.3 is 20.4 Å². The minimum Gasteiger partial charge on any atom is -0.478 e. The highest BCUT2D eigenvalue weighted by molar-refractivity contribution is 7.80. The lowest BCUT2D eigenvalue weighted by atomic mass is 10.0. The van der Waals surface area contributed by atoms with Gasteiger partial charge in [0, 0.05) is 4.90 Å². The van der Waals surface area contributed by atoms with Crippen LogP contribution in [0.5, 0.6) is 0 Å². The van der Waals surface area contributed by atoms with Crippen molar-refractivity contribution in [3.8, 4) is 0 Å². The molecule has 0 aromatic heterocycles. The van der Waals surface area contributed by atoms with Gasteiger partial charge in [-0.15, -0.1) is 12.6 Å². The van der Waals surface area contributed by atoms with Gasteiger partial charge in [0.2, 0.25) is 0 Å². The lowest BCUT2D eigenvalue weighted by molar-refractivity contribution is 0.0633. The highest BCUT2D eigenvalue weighted by Gasteiger charge is 2.23. The van der Waals surface area contributed by atoms with Crippen LogP contribution in [0.3, 0.4) is 0 Å². The summed E-state index contributed by atoms with van der Waals surface area (Å²) < 4.78 is 0. The van der Waals surface area contributed by atoms with Gasteiger partial charge in [-0.3, -0.25) is 0 Å². The van der Waals surface area contributed by atoms with Crippen LogP contribution in [-0.4, -0.2) is 44.3 Å². The van der Waals surface area contributed by atoms with Crippen LogP contribution < -0.4 is 0 Å². The number of carboxylic acids is 4. The molecule has 0 aliphatic heterocycles. The van der Waals surface area contributed by atoms with Crippen molar-refractivity contribution in [3.05, 3.63) is 64.7 Å². The van der Waals surface area contributed by atoms with Crippen LogP contribution >= 0.6 is 12.6 Å². The molecule has 0 heterocycles. The topological polar surface area (TPSA) is 149 Å². The minimum absolute atomic E-state index is 0.242. The van der Waals surface area contributed by atoms with E-state index in [1.54, 1.807) is 18.2 Å². The van der Waals surface area contributed by atoms with Crippen molar-refractivity contribution in [3.63, 3.8) is 0 Å². The zero-order valence-corrected chi connectivity index (χ0v) is 13.3. The van der Waals surface area contributed by atoms with Crippen LogP contribution in [0.25, 0.3) is 0 Å². The number of rotatable bonds is 4. The van der Waals surface area contributed by atoms with Crippen LogP contribution in [-0.2, 0) is 0 Å². The second kappa shape index (κ2) is 8.50. The summed E-state index contributed by atoms with van der Waals surface area (Å²) in [7, 11) is 0. The van der Waals surface area contributed by atoms with E-state index in [0.717, 1.165) is 12.1 Å². The van der Waals surface area contributed by atoms with Crippen molar-refractivity contribution in [2.75, 3.05) is 0 Å². The molecule has 2 aromatic carbocycles. The van der Waals surface area contributed by atoms with Gasteiger partial charge in [-0.05, 0) is 24.3 Å². The Morgan fingerprint density at radius 2 is 1.00 bits per heavy atom. The van der Waals surface area contributed by atoms with Crippen LogP contribution in [0.15, 0.2) is 47.4 Å². The van der Waals surface area contributed by atoms with Gasteiger partial charge in [-0.1, -0.05) is 18.2 Å². The van der Waals surface area contributed by atoms with E-state index in [2.05, 4.69) is 12.6 Å². The summed E-state index contributed by atoms with van der Waals surface area (Å²) in [5.74, 6) is -5.47. The lowest BCUT2D eigenvalue weighted by Gasteiger charge is -2.04. The van der Waals surface area contributed by atoms with E-state index in [0.29, 0.717) is 4.90 Å². The highest BCUT2D eigenvalue weighted by atomic mass is 32.1. The quantitative estimate of drug-likeness (QED) is 0.519. The Morgan fingerprint density at radius 3 is 1.32 bits per heavy atom. The Morgan fingerprint density at radius 1 is 0.600 bits per heavy atom. The van der Waals surface area contributed by atoms with Crippen LogP contribution in [0.2, 0.25) is 0 Å². The van der Waals surface area contributed by atoms with Crippen LogP contribution in [0, 0.1) is 0 Å². The Hall–Kier alpha value is -3.33. The second-order valence-electron chi connectivity index (χ2n) is 4.47. The van der Waals surface area contributed by atoms with Crippen molar-refractivity contribution < 1.29 is 39.6 Å². The zero-order valence-electron chi connectivity index (χ0n) is 12.4. The predicted molar refractivity (Wildman–Crippen MR) is 88.0 cm³/mol. The molecule has 0 aliphatic rings. The molecule has 2 rings (SSSR count). The maximum atomic E-state index is 10.7. The number of thiol groups is 1. The fraction of sp³-hybridized carbons (Fsp3) is 0. The Bertz CT molecular complexity index is 812. The molecule has 0 bridgehead atoms. The molecule has 4 N–H and O–H groups in total. The van der Waals surface area contributed by atoms with E-state index in [1.165, 1.54) is 12.1 Å². The van der Waals surface area contributed by atoms with Gasteiger partial charge in [0.05, 0.1) is 22.3 Å². The molecule has 2 aromatic rings. The largest absolute Gasteiger partial charge is 0.478 e. The first-order chi connectivity index (χ1) is 11.7. The number of benzene rings is 2. The molecular weight excluding hydrogens is 352 g/mol. The molecular formula is C16H12O8S. The molecule has 0 atom stereocenters. The number of carboxylic acid groups (broad SMARTS) is 4. The maximum absolute atomic E-state index is 10.7. The summed E-state index contributed by atoms with van der Waals surface area (Å²) >= 11 is 3.96. The summed E-state index contributed by atoms with van der Waals surface area (Å²) in [5, 5.41) is 34.6. The van der Waals surface area contributed by atoms with Gasteiger partial charge in [-0.25, -0.2) is 19.2 Å². The predicted octanol–water partition coefficient (Wildman–Crippen LogP) is 2.45. The van der Waals surface area contributed by atoms with Crippen molar-refractivity contribution in [1.82, 2.24) is 0 Å². The molecule has 0 aliphatic carbocycles. The van der Waals surface area contributed by atoms with Gasteiger partial charge in [0.1, 0.15) is 0 Å². The third kappa shape index (κ3) is 5.08. The number of hydrogen-bond acceptors (Lipinski definition) is 5. The highest BCUT2D eigenvalue weighted by Crippen LogP contribution is 2.15. The van der Waals surface area contributed by atoms with Crippen LogP contribution in [0.1, 0.15) is 41.4 Å². The van der Waals surface area contributed by atoms with Gasteiger partial charge in [0.15, 0.2) is 0 Å². The molecule has 9 heteroatoms. The smallest absolute Gasteiger partial charge is 0.337 e. The molecule has 0 unspecified atom stereocenters. The summed E-state index contributed by atoms with van der Waals surface area (Å²) in [6.07, 6.45) is 0. The summed E-state index contributed by atoms with van der Waals surface area (Å²) in [4.78, 5) is 42.9. The monoisotopic (exact) mass is 364 g/mol. The maximum Gasteiger partial charge on any atom is 0.337 e. The molecule has 0 radical (unpaired) electrons. The van der Waals surface area contributed by atoms with E-state index >= 15 is 0 Å². The van der Waals surface area contributed by atoms with E-state index in [9.17, 15) is 19.2 Å². The zero-order chi connectivity index (χ0) is 19.1. The van der Waals surface area contributed by atoms with Gasteiger partial charge >= 0.3 is 23.9 Å². The molecule has 25 heavy (non-hydrogen) atoms. The molecule has 0 fully saturated rings. The molecule has 8 nitrogen and oxygen atoms in total. The number of carbonyl (C=O) groups is 4. The Balaban J connectivity index is 0.000000271. The molecule has 0 saturated carbocycles. The number of aromatic carboxylic acids is 4. The normalized spacial score (nSPS) is 9.48. The first kappa shape index (κ1) is 19.7. The third-order valence-corrected chi connectivity index (χ3v) is 3.26. The van der Waals surface area contributed by atoms with E-state index < -0.39 is 40.6 Å². The average molecular weight is 364 g/mol. The van der Waals surface area contributed by atoms with Gasteiger partial charge in [-0.2, -0.15) is 0 Å². The van der Waals surface area contributed by atoms with Gasteiger partial charge in [0.25, 0.3) is 0 Å². The Labute approximate surface area is 146 Å². The Kier molecular flexibility index (Phi) is 6.71. The summed E-state index contributed by atoms with van der Waals surface area (Å²) in [6, 6.07) is 9.84. The second-order valence-corrected chi connectivity index (χ2v) is 4.95. The molecule has 0 saturated heterocycles. The molecule has 130 valence electrons. The van der Waals surface area contributed by atoms with Crippen molar-refractivity contribution in [2.45, 2.75) is 4.90 Å². The SMILES string of the molecule is O=C(O)c1cccc(C(=O)O)c1C(=O)O.O=C(O)c1ccccc1S. The minimum atomic E-state index is -1.58. The van der Waals surface area contributed by atoms with Crippen molar-refractivity contribution >= 4 is 36.5 Å². The van der Waals surface area contributed by atoms with Crippen LogP contribution in [0.4, 0.5) is 0 Å². The fourth-order valence-corrected chi connectivity index (χ4v) is 2.05. The summed E-state index contributed by atoms with van der Waals surface area (Å²) in [5.41, 5.74) is -1.55. The molecule has 0 spiro atoms. The van der Waals surface area contributed by atoms with Crippen molar-refractivity contribution in [2.24, 2.45) is 0 Å².